The van der Waals surface area contributed by atoms with Gasteiger partial charge in [-0.2, -0.15) is 9.50 Å². The molecule has 1 aliphatic heterocycles. The Morgan fingerprint density at radius 3 is 2.73 bits per heavy atom. The Bertz CT molecular complexity index is 858. The number of fused-ring (bicyclic) bond motifs is 1. The van der Waals surface area contributed by atoms with E-state index in [9.17, 15) is 22.8 Å². The average Bonchev–Trinajstić information content (AvgIpc) is 2.95. The maximum absolute atomic E-state index is 12.2. The third-order valence-corrected chi connectivity index (χ3v) is 4.71. The van der Waals surface area contributed by atoms with Crippen molar-refractivity contribution in [3.05, 3.63) is 22.1 Å². The summed E-state index contributed by atoms with van der Waals surface area (Å²) in [4.78, 5) is 33.8. The van der Waals surface area contributed by atoms with Crippen LogP contribution >= 0.6 is 11.8 Å². The van der Waals surface area contributed by atoms with Gasteiger partial charge in [-0.3, -0.25) is 19.4 Å². The lowest BCUT2D eigenvalue weighted by Crippen LogP contribution is -2.43. The van der Waals surface area contributed by atoms with E-state index in [0.29, 0.717) is 10.9 Å². The van der Waals surface area contributed by atoms with Gasteiger partial charge in [-0.25, -0.2) is 4.98 Å². The Morgan fingerprint density at radius 1 is 1.38 bits per heavy atom. The Balaban J connectivity index is 1.53. The van der Waals surface area contributed by atoms with Gasteiger partial charge in [0.25, 0.3) is 11.3 Å². The number of carbonyl (C=O) groups is 1. The minimum absolute atomic E-state index is 0.0539. The van der Waals surface area contributed by atoms with E-state index >= 15 is 0 Å². The van der Waals surface area contributed by atoms with Crippen LogP contribution in [0.25, 0.3) is 5.78 Å². The van der Waals surface area contributed by atoms with E-state index in [2.05, 4.69) is 19.8 Å². The largest absolute Gasteiger partial charge is 0.522 e. The molecule has 1 saturated heterocycles. The summed E-state index contributed by atoms with van der Waals surface area (Å²) in [5, 5.41) is 3.12. The number of likely N-dealkylation sites (tertiary alicyclic amines) is 1. The number of piperidine rings is 1. The van der Waals surface area contributed by atoms with Crippen LogP contribution in [-0.4, -0.2) is 61.7 Å². The van der Waals surface area contributed by atoms with Crippen LogP contribution < -0.4 is 5.56 Å². The van der Waals surface area contributed by atoms with Gasteiger partial charge in [-0.15, -0.1) is 13.2 Å². The van der Waals surface area contributed by atoms with Crippen LogP contribution in [0.15, 0.2) is 16.0 Å². The lowest BCUT2D eigenvalue weighted by molar-refractivity contribution is -0.345. The molecule has 1 N–H and O–H groups in total. The number of thioether (sulfide) groups is 1. The smallest absolute Gasteiger partial charge is 0.342 e. The summed E-state index contributed by atoms with van der Waals surface area (Å²) in [6.45, 7) is 2.10. The molecular weight excluding hydrogens is 375 g/mol. The highest BCUT2D eigenvalue weighted by Crippen LogP contribution is 2.25. The number of aromatic amines is 1. The molecule has 142 valence electrons. The maximum Gasteiger partial charge on any atom is 0.522 e. The molecule has 2 aromatic heterocycles. The van der Waals surface area contributed by atoms with E-state index in [0.717, 1.165) is 11.8 Å². The molecule has 3 heterocycles. The number of carbonyl (C=O) groups excluding carboxylic acids is 1. The molecule has 0 bridgehead atoms. The lowest BCUT2D eigenvalue weighted by atomic mass is 10.1. The lowest BCUT2D eigenvalue weighted by Gasteiger charge is -2.32. The van der Waals surface area contributed by atoms with Crippen molar-refractivity contribution in [2.75, 3.05) is 18.8 Å². The molecule has 0 saturated carbocycles. The predicted octanol–water partition coefficient (Wildman–Crippen LogP) is 1.35. The van der Waals surface area contributed by atoms with E-state index in [1.807, 2.05) is 0 Å². The Labute approximate surface area is 149 Å². The fourth-order valence-electron chi connectivity index (χ4n) is 2.67. The topological polar surface area (TPSA) is 92.6 Å². The average molecular weight is 391 g/mol. The van der Waals surface area contributed by atoms with Crippen LogP contribution in [0.1, 0.15) is 18.5 Å². The molecule has 1 amide bonds. The minimum atomic E-state index is -4.65. The minimum Gasteiger partial charge on any atom is -0.342 e. The molecule has 0 radical (unpaired) electrons. The van der Waals surface area contributed by atoms with E-state index in [1.165, 1.54) is 15.5 Å². The molecule has 0 unspecified atom stereocenters. The molecule has 26 heavy (non-hydrogen) atoms. The number of aromatic nitrogens is 4. The van der Waals surface area contributed by atoms with Gasteiger partial charge in [0.05, 0.1) is 11.9 Å². The number of H-pyrrole nitrogens is 1. The molecule has 12 heteroatoms. The van der Waals surface area contributed by atoms with Crippen molar-refractivity contribution < 1.29 is 22.7 Å². The first-order chi connectivity index (χ1) is 12.2. The summed E-state index contributed by atoms with van der Waals surface area (Å²) in [5.41, 5.74) is 0.239. The zero-order valence-electron chi connectivity index (χ0n) is 13.7. The highest BCUT2D eigenvalue weighted by Gasteiger charge is 2.35. The number of nitrogens with one attached hydrogen (secondary N) is 1. The van der Waals surface area contributed by atoms with Crippen molar-refractivity contribution >= 4 is 23.4 Å². The van der Waals surface area contributed by atoms with Crippen molar-refractivity contribution in [2.24, 2.45) is 0 Å². The van der Waals surface area contributed by atoms with Crippen molar-refractivity contribution in [1.82, 2.24) is 24.5 Å². The number of ether oxygens (including phenoxy) is 1. The van der Waals surface area contributed by atoms with Crippen LogP contribution in [0, 0.1) is 6.92 Å². The molecule has 2 aromatic rings. The van der Waals surface area contributed by atoms with E-state index < -0.39 is 12.5 Å². The molecule has 0 aromatic carbocycles. The summed E-state index contributed by atoms with van der Waals surface area (Å²) in [6.07, 6.45) is -5.29. The van der Waals surface area contributed by atoms with Gasteiger partial charge in [-0.05, 0) is 19.8 Å². The molecule has 8 nitrogen and oxygen atoms in total. The molecule has 1 aliphatic rings. The van der Waals surface area contributed by atoms with Crippen LogP contribution in [0.5, 0.6) is 0 Å². The fraction of sp³-hybridized carbons (Fsp3) is 0.571. The van der Waals surface area contributed by atoms with Crippen molar-refractivity contribution in [2.45, 2.75) is 37.4 Å². The van der Waals surface area contributed by atoms with Crippen LogP contribution in [0.2, 0.25) is 0 Å². The third-order valence-electron chi connectivity index (χ3n) is 3.87. The quantitative estimate of drug-likeness (QED) is 0.791. The number of amides is 1. The highest BCUT2D eigenvalue weighted by atomic mass is 32.2. The van der Waals surface area contributed by atoms with E-state index in [4.69, 9.17) is 0 Å². The van der Waals surface area contributed by atoms with Gasteiger partial charge in [0.2, 0.25) is 5.91 Å². The third kappa shape index (κ3) is 4.55. The van der Waals surface area contributed by atoms with Crippen molar-refractivity contribution in [1.29, 1.82) is 0 Å². The van der Waals surface area contributed by atoms with Gasteiger partial charge in [0.15, 0.2) is 5.16 Å². The molecule has 0 spiro atoms. The molecular formula is C14H16F3N5O3S. The summed E-state index contributed by atoms with van der Waals surface area (Å²) in [7, 11) is 0. The first kappa shape index (κ1) is 18.7. The second-order valence-corrected chi connectivity index (χ2v) is 6.80. The summed E-state index contributed by atoms with van der Waals surface area (Å²) < 4.78 is 41.8. The number of aryl methyl sites for hydroxylation is 1. The van der Waals surface area contributed by atoms with Gasteiger partial charge < -0.3 is 4.90 Å². The van der Waals surface area contributed by atoms with Crippen LogP contribution in [0.3, 0.4) is 0 Å². The second kappa shape index (κ2) is 7.27. The second-order valence-electron chi connectivity index (χ2n) is 5.83. The number of rotatable bonds is 4. The molecule has 3 rings (SSSR count). The van der Waals surface area contributed by atoms with E-state index in [-0.39, 0.29) is 48.9 Å². The van der Waals surface area contributed by atoms with Crippen molar-refractivity contribution in [3.8, 4) is 0 Å². The Morgan fingerprint density at radius 2 is 2.08 bits per heavy atom. The fourth-order valence-corrected chi connectivity index (χ4v) is 3.42. The number of alkyl halides is 3. The molecule has 0 aliphatic carbocycles. The predicted molar refractivity (Wildman–Crippen MR) is 85.8 cm³/mol. The first-order valence-electron chi connectivity index (χ1n) is 7.83. The van der Waals surface area contributed by atoms with Gasteiger partial charge in [0, 0.05) is 24.8 Å². The summed E-state index contributed by atoms with van der Waals surface area (Å²) in [6, 6.07) is 1.36. The highest BCUT2D eigenvalue weighted by molar-refractivity contribution is 7.99. The van der Waals surface area contributed by atoms with E-state index in [1.54, 1.807) is 6.92 Å². The Hall–Kier alpha value is -2.08. The zero-order chi connectivity index (χ0) is 18.9. The Kier molecular flexibility index (Phi) is 5.23. The number of halogens is 3. The standard InChI is InChI=1S/C14H16F3N5O3S/c1-8-6-10(23)22-12(18-8)19-13(20-22)26-7-11(24)21-4-2-9(3-5-21)25-14(15,16)17/h6,9H,2-5,7H2,1H3,(H,18,19,20). The van der Waals surface area contributed by atoms with Gasteiger partial charge in [0.1, 0.15) is 0 Å². The number of hydrogen-bond acceptors (Lipinski definition) is 6. The zero-order valence-corrected chi connectivity index (χ0v) is 14.6. The summed E-state index contributed by atoms with van der Waals surface area (Å²) >= 11 is 1.10. The van der Waals surface area contributed by atoms with Crippen LogP contribution in [0.4, 0.5) is 13.2 Å². The summed E-state index contributed by atoms with van der Waals surface area (Å²) in [5.74, 6) is 0.0608. The normalized spacial score (nSPS) is 16.4. The number of nitrogens with zero attached hydrogens (tertiary/aromatic N) is 4. The van der Waals surface area contributed by atoms with Gasteiger partial charge >= 0.3 is 6.36 Å². The SMILES string of the molecule is Cc1cc(=O)n2[nH]c(SCC(=O)N3CCC(OC(F)(F)F)CC3)nc2n1. The first-order valence-corrected chi connectivity index (χ1v) is 8.81. The van der Waals surface area contributed by atoms with Crippen LogP contribution in [-0.2, 0) is 9.53 Å². The molecule has 1 fully saturated rings. The van der Waals surface area contributed by atoms with Crippen molar-refractivity contribution in [3.63, 3.8) is 0 Å². The van der Waals surface area contributed by atoms with Gasteiger partial charge in [-0.1, -0.05) is 11.8 Å². The number of hydrogen-bond donors (Lipinski definition) is 1. The maximum atomic E-state index is 12.2. The monoisotopic (exact) mass is 391 g/mol. The molecule has 0 atom stereocenters.